The summed E-state index contributed by atoms with van der Waals surface area (Å²) in [5, 5.41) is 0. The van der Waals surface area contributed by atoms with E-state index in [0.717, 1.165) is 15.0 Å². The Bertz CT molecular complexity index is 265. The first-order chi connectivity index (χ1) is 5.75. The van der Waals surface area contributed by atoms with Crippen molar-refractivity contribution in [3.8, 4) is 5.75 Å². The number of anilines is 1. The van der Waals surface area contributed by atoms with E-state index in [4.69, 9.17) is 15.2 Å². The molecule has 1 rings (SSSR count). The number of benzene rings is 1. The Morgan fingerprint density at radius 1 is 1.50 bits per heavy atom. The van der Waals surface area contributed by atoms with E-state index in [1.165, 1.54) is 0 Å². The van der Waals surface area contributed by atoms with Crippen LogP contribution < -0.4 is 10.5 Å². The van der Waals surface area contributed by atoms with Gasteiger partial charge in [0.2, 0.25) is 0 Å². The maximum absolute atomic E-state index is 5.66. The molecule has 0 heterocycles. The molecule has 1 aromatic rings. The van der Waals surface area contributed by atoms with Crippen LogP contribution in [0.4, 0.5) is 5.69 Å². The fourth-order valence-corrected chi connectivity index (χ4v) is 1.28. The van der Waals surface area contributed by atoms with E-state index in [0.29, 0.717) is 0 Å². The molecule has 12 heavy (non-hydrogen) atoms. The molecular formula is C8H10INO2. The van der Waals surface area contributed by atoms with Gasteiger partial charge in [0.25, 0.3) is 0 Å². The number of hydrogen-bond acceptors (Lipinski definition) is 3. The van der Waals surface area contributed by atoms with E-state index in [9.17, 15) is 0 Å². The van der Waals surface area contributed by atoms with Crippen molar-refractivity contribution in [2.75, 3.05) is 19.6 Å². The van der Waals surface area contributed by atoms with Crippen LogP contribution in [-0.2, 0) is 4.74 Å². The second kappa shape index (κ2) is 4.51. The molecule has 0 aliphatic rings. The summed E-state index contributed by atoms with van der Waals surface area (Å²) in [7, 11) is 1.58. The van der Waals surface area contributed by atoms with Crippen LogP contribution in [0.2, 0.25) is 0 Å². The maximum atomic E-state index is 5.66. The van der Waals surface area contributed by atoms with Crippen LogP contribution in [0.25, 0.3) is 0 Å². The van der Waals surface area contributed by atoms with Crippen LogP contribution in [0.15, 0.2) is 18.2 Å². The Morgan fingerprint density at radius 2 is 2.25 bits per heavy atom. The zero-order chi connectivity index (χ0) is 8.97. The summed E-state index contributed by atoms with van der Waals surface area (Å²) in [5.74, 6) is 0.762. The third-order valence-corrected chi connectivity index (χ3v) is 2.48. The van der Waals surface area contributed by atoms with Gasteiger partial charge in [0.05, 0.1) is 3.57 Å². The van der Waals surface area contributed by atoms with E-state index >= 15 is 0 Å². The van der Waals surface area contributed by atoms with Crippen molar-refractivity contribution in [1.29, 1.82) is 0 Å². The van der Waals surface area contributed by atoms with Crippen LogP contribution in [0.3, 0.4) is 0 Å². The van der Waals surface area contributed by atoms with Gasteiger partial charge >= 0.3 is 0 Å². The Labute approximate surface area is 85.0 Å². The van der Waals surface area contributed by atoms with Crippen molar-refractivity contribution < 1.29 is 9.47 Å². The molecule has 0 radical (unpaired) electrons. The first-order valence-corrected chi connectivity index (χ1v) is 4.49. The molecule has 0 atom stereocenters. The lowest BCUT2D eigenvalue weighted by atomic mass is 10.3. The average molecular weight is 279 g/mol. The fourth-order valence-electron chi connectivity index (χ4n) is 0.762. The first kappa shape index (κ1) is 9.60. The van der Waals surface area contributed by atoms with Crippen LogP contribution in [0.1, 0.15) is 0 Å². The molecule has 1 aromatic carbocycles. The van der Waals surface area contributed by atoms with Crippen LogP contribution in [0.5, 0.6) is 5.75 Å². The van der Waals surface area contributed by atoms with Crippen molar-refractivity contribution in [3.05, 3.63) is 21.8 Å². The molecule has 0 aliphatic heterocycles. The van der Waals surface area contributed by atoms with Gasteiger partial charge < -0.3 is 15.2 Å². The largest absolute Gasteiger partial charge is 0.466 e. The van der Waals surface area contributed by atoms with Gasteiger partial charge in [-0.15, -0.1) is 0 Å². The van der Waals surface area contributed by atoms with Gasteiger partial charge in [-0.3, -0.25) is 0 Å². The van der Waals surface area contributed by atoms with Gasteiger partial charge in [-0.25, -0.2) is 0 Å². The lowest BCUT2D eigenvalue weighted by Gasteiger charge is -2.07. The van der Waals surface area contributed by atoms with Crippen molar-refractivity contribution in [3.63, 3.8) is 0 Å². The van der Waals surface area contributed by atoms with Gasteiger partial charge in [-0.05, 0) is 34.7 Å². The minimum absolute atomic E-state index is 0.249. The Hall–Kier alpha value is -0.490. The topological polar surface area (TPSA) is 44.5 Å². The van der Waals surface area contributed by atoms with Crippen molar-refractivity contribution >= 4 is 28.3 Å². The van der Waals surface area contributed by atoms with Crippen molar-refractivity contribution in [2.45, 2.75) is 0 Å². The van der Waals surface area contributed by atoms with Crippen LogP contribution in [-0.4, -0.2) is 13.9 Å². The first-order valence-electron chi connectivity index (χ1n) is 3.41. The molecular weight excluding hydrogens is 269 g/mol. The van der Waals surface area contributed by atoms with Gasteiger partial charge in [0.15, 0.2) is 6.79 Å². The summed E-state index contributed by atoms with van der Waals surface area (Å²) in [6, 6.07) is 5.54. The highest BCUT2D eigenvalue weighted by Crippen LogP contribution is 2.25. The minimum atomic E-state index is 0.249. The number of ether oxygens (including phenoxy) is 2. The summed E-state index contributed by atoms with van der Waals surface area (Å²) in [4.78, 5) is 0. The second-order valence-corrected chi connectivity index (χ2v) is 3.29. The number of nitrogens with two attached hydrogens (primary N) is 1. The quantitative estimate of drug-likeness (QED) is 0.522. The maximum Gasteiger partial charge on any atom is 0.188 e. The monoisotopic (exact) mass is 279 g/mol. The van der Waals surface area contributed by atoms with Gasteiger partial charge in [-0.1, -0.05) is 6.07 Å². The number of nitrogen functional groups attached to an aromatic ring is 1. The molecule has 0 aromatic heterocycles. The van der Waals surface area contributed by atoms with E-state index in [-0.39, 0.29) is 6.79 Å². The molecule has 0 saturated carbocycles. The molecule has 0 fully saturated rings. The highest BCUT2D eigenvalue weighted by atomic mass is 127. The zero-order valence-corrected chi connectivity index (χ0v) is 8.87. The summed E-state index contributed by atoms with van der Waals surface area (Å²) < 4.78 is 11.0. The summed E-state index contributed by atoms with van der Waals surface area (Å²) in [5.41, 5.74) is 6.39. The molecule has 0 spiro atoms. The van der Waals surface area contributed by atoms with Gasteiger partial charge in [-0.2, -0.15) is 0 Å². The highest BCUT2D eigenvalue weighted by molar-refractivity contribution is 14.1. The second-order valence-electron chi connectivity index (χ2n) is 2.21. The summed E-state index contributed by atoms with van der Waals surface area (Å²) in [6.07, 6.45) is 0. The minimum Gasteiger partial charge on any atom is -0.466 e. The lowest BCUT2D eigenvalue weighted by molar-refractivity contribution is 0.0506. The summed E-state index contributed by atoms with van der Waals surface area (Å²) >= 11 is 2.14. The third kappa shape index (κ3) is 2.25. The molecule has 4 heteroatoms. The number of rotatable bonds is 3. The zero-order valence-electron chi connectivity index (χ0n) is 6.71. The number of methoxy groups -OCH3 is 1. The standard InChI is InChI=1S/C8H10INO2/c1-11-5-12-7-4-2-3-6(10)8(7)9/h2-4H,5,10H2,1H3. The van der Waals surface area contributed by atoms with Gasteiger partial charge in [0, 0.05) is 12.8 Å². The van der Waals surface area contributed by atoms with Crippen LogP contribution in [0, 0.1) is 3.57 Å². The SMILES string of the molecule is COCOc1cccc(N)c1I. The molecule has 66 valence electrons. The number of halogens is 1. The Morgan fingerprint density at radius 3 is 2.92 bits per heavy atom. The lowest BCUT2D eigenvalue weighted by Crippen LogP contribution is -2.01. The predicted octanol–water partition coefficient (Wildman–Crippen LogP) is 1.86. The van der Waals surface area contributed by atoms with E-state index in [1.807, 2.05) is 18.2 Å². The average Bonchev–Trinajstić information content (AvgIpc) is 2.08. The van der Waals surface area contributed by atoms with Crippen LogP contribution >= 0.6 is 22.6 Å². The third-order valence-electron chi connectivity index (χ3n) is 1.33. The molecule has 0 unspecified atom stereocenters. The Kier molecular flexibility index (Phi) is 3.61. The van der Waals surface area contributed by atoms with Crippen molar-refractivity contribution in [2.24, 2.45) is 0 Å². The normalized spacial score (nSPS) is 9.83. The van der Waals surface area contributed by atoms with E-state index < -0.39 is 0 Å². The molecule has 2 N–H and O–H groups in total. The van der Waals surface area contributed by atoms with E-state index in [1.54, 1.807) is 7.11 Å². The molecule has 0 aliphatic carbocycles. The van der Waals surface area contributed by atoms with Crippen molar-refractivity contribution in [1.82, 2.24) is 0 Å². The molecule has 0 bridgehead atoms. The smallest absolute Gasteiger partial charge is 0.188 e. The summed E-state index contributed by atoms with van der Waals surface area (Å²) in [6.45, 7) is 0.249. The molecule has 0 amide bonds. The molecule has 0 saturated heterocycles. The molecule has 3 nitrogen and oxygen atoms in total. The highest BCUT2D eigenvalue weighted by Gasteiger charge is 2.02. The fraction of sp³-hybridized carbons (Fsp3) is 0.250. The van der Waals surface area contributed by atoms with Gasteiger partial charge in [0.1, 0.15) is 5.75 Å². The van der Waals surface area contributed by atoms with E-state index in [2.05, 4.69) is 22.6 Å². The Balaban J connectivity index is 2.78. The number of hydrogen-bond donors (Lipinski definition) is 1. The predicted molar refractivity (Wildman–Crippen MR) is 56.1 cm³/mol.